The third kappa shape index (κ3) is 2.40. The number of aliphatic hydroxyl groups excluding tert-OH is 1. The largest absolute Gasteiger partial charge is 0.400 e. The number of nitrogens with one attached hydrogen (secondary N) is 1. The molecule has 82 valence electrons. The lowest BCUT2D eigenvalue weighted by Crippen LogP contribution is -1.82. The van der Waals surface area contributed by atoms with Crippen LogP contribution < -0.4 is 0 Å². The first-order chi connectivity index (χ1) is 7.83. The zero-order valence-electron chi connectivity index (χ0n) is 8.64. The molecule has 0 aromatic carbocycles. The first-order valence-corrected chi connectivity index (χ1v) is 4.45. The van der Waals surface area contributed by atoms with Crippen LogP contribution in [0.3, 0.4) is 0 Å². The number of carbonyl (C=O) groups excluding carboxylic acids is 1. The zero-order valence-corrected chi connectivity index (χ0v) is 8.64. The first-order valence-electron chi connectivity index (χ1n) is 4.45. The van der Waals surface area contributed by atoms with Crippen molar-refractivity contribution < 1.29 is 9.90 Å². The predicted molar refractivity (Wildman–Crippen MR) is 56.7 cm³/mol. The van der Waals surface area contributed by atoms with Gasteiger partial charge in [0.25, 0.3) is 0 Å². The molecule has 0 saturated heterocycles. The maximum absolute atomic E-state index is 10.5. The molecule has 6 heteroatoms. The number of nitriles is 1. The lowest BCUT2D eigenvalue weighted by Gasteiger charge is -1.87. The van der Waals surface area contributed by atoms with Gasteiger partial charge >= 0.3 is 0 Å². The van der Waals surface area contributed by atoms with Crippen LogP contribution >= 0.6 is 0 Å². The lowest BCUT2D eigenvalue weighted by molar-refractivity contribution is 0.112. The van der Waals surface area contributed by atoms with Crippen LogP contribution in [0.1, 0.15) is 16.2 Å². The first kappa shape index (κ1) is 11.8. The molecule has 0 unspecified atom stereocenters. The van der Waals surface area contributed by atoms with Gasteiger partial charge in [-0.15, -0.1) is 0 Å². The average Bonchev–Trinajstić information content (AvgIpc) is 2.73. The summed E-state index contributed by atoms with van der Waals surface area (Å²) in [7, 11) is 1.00. The van der Waals surface area contributed by atoms with E-state index in [-0.39, 0.29) is 6.42 Å². The number of pyridine rings is 1. The Hall–Kier alpha value is -2.26. The van der Waals surface area contributed by atoms with E-state index in [0.29, 0.717) is 22.6 Å². The molecule has 0 amide bonds. The fourth-order valence-corrected chi connectivity index (χ4v) is 1.19. The Morgan fingerprint density at radius 2 is 2.38 bits per heavy atom. The van der Waals surface area contributed by atoms with E-state index in [2.05, 4.69) is 15.0 Å². The van der Waals surface area contributed by atoms with Gasteiger partial charge in [0.05, 0.1) is 18.0 Å². The molecule has 0 bridgehead atoms. The van der Waals surface area contributed by atoms with Gasteiger partial charge < -0.3 is 10.1 Å². The number of aldehydes is 1. The van der Waals surface area contributed by atoms with E-state index in [0.717, 1.165) is 13.4 Å². The van der Waals surface area contributed by atoms with Crippen LogP contribution in [0.4, 0.5) is 0 Å². The van der Waals surface area contributed by atoms with Crippen LogP contribution in [0.15, 0.2) is 12.3 Å². The molecule has 0 aliphatic heterocycles. The Balaban J connectivity index is 0.000000606. The van der Waals surface area contributed by atoms with Crippen molar-refractivity contribution in [3.05, 3.63) is 23.7 Å². The second-order valence-electron chi connectivity index (χ2n) is 2.78. The van der Waals surface area contributed by atoms with E-state index in [1.165, 1.54) is 6.20 Å². The van der Waals surface area contributed by atoms with Gasteiger partial charge in [0.15, 0.2) is 11.9 Å². The third-order valence-corrected chi connectivity index (χ3v) is 1.79. The number of hydrogen-bond donors (Lipinski definition) is 2. The van der Waals surface area contributed by atoms with Crippen LogP contribution in [0.5, 0.6) is 0 Å². The Morgan fingerprint density at radius 3 is 3.00 bits per heavy atom. The highest BCUT2D eigenvalue weighted by atomic mass is 16.2. The number of rotatable bonds is 2. The fourth-order valence-electron chi connectivity index (χ4n) is 1.19. The predicted octanol–water partition coefficient (Wildman–Crippen LogP) is 0.445. The topological polar surface area (TPSA) is 103 Å². The molecule has 0 saturated carbocycles. The number of hydrogen-bond acceptors (Lipinski definition) is 5. The smallest absolute Gasteiger partial charge is 0.177 e. The van der Waals surface area contributed by atoms with Gasteiger partial charge in [-0.3, -0.25) is 4.79 Å². The molecule has 2 rings (SSSR count). The number of nitrogens with zero attached hydrogens (tertiary/aromatic N) is 3. The maximum Gasteiger partial charge on any atom is 0.177 e. The van der Waals surface area contributed by atoms with Crippen molar-refractivity contribution in [1.29, 1.82) is 5.26 Å². The van der Waals surface area contributed by atoms with Crippen LogP contribution in [-0.4, -0.2) is 33.5 Å². The molecule has 2 N–H and O–H groups in total. The van der Waals surface area contributed by atoms with Gasteiger partial charge in [-0.05, 0) is 6.07 Å². The lowest BCUT2D eigenvalue weighted by atomic mass is 10.3. The Kier molecular flexibility index (Phi) is 4.12. The summed E-state index contributed by atoms with van der Waals surface area (Å²) in [6, 6.07) is 3.64. The van der Waals surface area contributed by atoms with Gasteiger partial charge in [-0.25, -0.2) is 9.97 Å². The summed E-state index contributed by atoms with van der Waals surface area (Å²) in [5.74, 6) is 0.568. The van der Waals surface area contributed by atoms with Crippen molar-refractivity contribution in [2.45, 2.75) is 6.42 Å². The summed E-state index contributed by atoms with van der Waals surface area (Å²) in [5.41, 5.74) is 1.70. The zero-order chi connectivity index (χ0) is 12.0. The van der Waals surface area contributed by atoms with Crippen molar-refractivity contribution in [1.82, 2.24) is 15.0 Å². The van der Waals surface area contributed by atoms with Crippen molar-refractivity contribution in [3.63, 3.8) is 0 Å². The van der Waals surface area contributed by atoms with Crippen LogP contribution in [0.25, 0.3) is 11.2 Å². The highest BCUT2D eigenvalue weighted by Crippen LogP contribution is 2.09. The van der Waals surface area contributed by atoms with E-state index < -0.39 is 0 Å². The second kappa shape index (κ2) is 5.58. The third-order valence-electron chi connectivity index (χ3n) is 1.79. The SMILES string of the molecule is CO.N#CCc1nc2ncc(C=O)cc2[nH]1. The molecule has 0 fully saturated rings. The molecule has 0 radical (unpaired) electrons. The Bertz CT molecular complexity index is 527. The standard InChI is InChI=1S/C9H6N4O.CH4O/c10-2-1-8-12-7-3-6(5-14)4-11-9(7)13-8;1-2/h3-5H,1H2,(H,11,12,13);2H,1H3. The summed E-state index contributed by atoms with van der Waals surface area (Å²) in [5, 5.41) is 15.5. The van der Waals surface area contributed by atoms with Crippen LogP contribution in [0, 0.1) is 11.3 Å². The van der Waals surface area contributed by atoms with Gasteiger partial charge in [0.1, 0.15) is 5.82 Å². The number of aliphatic hydroxyl groups is 1. The minimum absolute atomic E-state index is 0.215. The normalized spacial score (nSPS) is 9.06. The Labute approximate surface area is 91.6 Å². The van der Waals surface area contributed by atoms with E-state index in [9.17, 15) is 4.79 Å². The number of H-pyrrole nitrogens is 1. The Morgan fingerprint density at radius 1 is 1.62 bits per heavy atom. The van der Waals surface area contributed by atoms with Crippen molar-refractivity contribution in [2.75, 3.05) is 7.11 Å². The minimum Gasteiger partial charge on any atom is -0.400 e. The monoisotopic (exact) mass is 218 g/mol. The summed E-state index contributed by atoms with van der Waals surface area (Å²) < 4.78 is 0. The molecular formula is C10H10N4O2. The van der Waals surface area contributed by atoms with E-state index >= 15 is 0 Å². The molecule has 16 heavy (non-hydrogen) atoms. The highest BCUT2D eigenvalue weighted by molar-refractivity contribution is 5.81. The molecule has 0 atom stereocenters. The summed E-state index contributed by atoms with van der Waals surface area (Å²) in [6.07, 6.45) is 2.39. The van der Waals surface area contributed by atoms with Crippen LogP contribution in [-0.2, 0) is 6.42 Å². The fraction of sp³-hybridized carbons (Fsp3) is 0.200. The van der Waals surface area contributed by atoms with Crippen molar-refractivity contribution in [3.8, 4) is 6.07 Å². The number of fused-ring (bicyclic) bond motifs is 1. The van der Waals surface area contributed by atoms with Gasteiger partial charge in [-0.2, -0.15) is 5.26 Å². The van der Waals surface area contributed by atoms with Gasteiger partial charge in [0.2, 0.25) is 0 Å². The molecule has 6 nitrogen and oxygen atoms in total. The van der Waals surface area contributed by atoms with E-state index in [4.69, 9.17) is 10.4 Å². The van der Waals surface area contributed by atoms with E-state index in [1.54, 1.807) is 6.07 Å². The van der Waals surface area contributed by atoms with Crippen molar-refractivity contribution >= 4 is 17.5 Å². The van der Waals surface area contributed by atoms with E-state index in [1.807, 2.05) is 6.07 Å². The van der Waals surface area contributed by atoms with Gasteiger partial charge in [-0.1, -0.05) is 0 Å². The number of aromatic nitrogens is 3. The molecule has 0 spiro atoms. The molecular weight excluding hydrogens is 208 g/mol. The van der Waals surface area contributed by atoms with Gasteiger partial charge in [0, 0.05) is 18.9 Å². The molecule has 2 aromatic rings. The summed E-state index contributed by atoms with van der Waals surface area (Å²) >= 11 is 0. The summed E-state index contributed by atoms with van der Waals surface area (Å²) in [6.45, 7) is 0. The number of aromatic amines is 1. The molecule has 0 aliphatic rings. The molecule has 0 aliphatic carbocycles. The number of carbonyl (C=O) groups is 1. The highest BCUT2D eigenvalue weighted by Gasteiger charge is 2.03. The quantitative estimate of drug-likeness (QED) is 0.712. The number of imidazole rings is 1. The second-order valence-corrected chi connectivity index (χ2v) is 2.78. The molecule has 2 heterocycles. The van der Waals surface area contributed by atoms with Crippen molar-refractivity contribution in [2.24, 2.45) is 0 Å². The van der Waals surface area contributed by atoms with Crippen LogP contribution in [0.2, 0.25) is 0 Å². The summed E-state index contributed by atoms with van der Waals surface area (Å²) in [4.78, 5) is 21.4. The molecule has 2 aromatic heterocycles. The maximum atomic E-state index is 10.5. The minimum atomic E-state index is 0.215. The average molecular weight is 218 g/mol.